The third-order valence-electron chi connectivity index (χ3n) is 3.76. The first-order valence-electron chi connectivity index (χ1n) is 6.23. The fourth-order valence-electron chi connectivity index (χ4n) is 2.68. The summed E-state index contributed by atoms with van der Waals surface area (Å²) in [5.41, 5.74) is 7.27. The molecule has 0 saturated carbocycles. The lowest BCUT2D eigenvalue weighted by molar-refractivity contribution is 0.104. The maximum atomic E-state index is 5.86. The molecule has 0 aliphatic carbocycles. The summed E-state index contributed by atoms with van der Waals surface area (Å²) >= 11 is 0. The highest BCUT2D eigenvalue weighted by molar-refractivity contribution is 5.86. The van der Waals surface area contributed by atoms with Gasteiger partial charge in [-0.1, -0.05) is 42.5 Å². The highest BCUT2D eigenvalue weighted by atomic mass is 15.2. The zero-order chi connectivity index (χ0) is 11.8. The van der Waals surface area contributed by atoms with Gasteiger partial charge in [0.05, 0.1) is 0 Å². The Morgan fingerprint density at radius 2 is 1.82 bits per heavy atom. The third-order valence-corrected chi connectivity index (χ3v) is 3.76. The molecule has 1 saturated heterocycles. The summed E-state index contributed by atoms with van der Waals surface area (Å²) in [5.74, 6) is 0. The molecule has 2 aromatic rings. The van der Waals surface area contributed by atoms with Crippen LogP contribution in [0.25, 0.3) is 10.8 Å². The van der Waals surface area contributed by atoms with Gasteiger partial charge in [-0.05, 0) is 23.3 Å². The van der Waals surface area contributed by atoms with Gasteiger partial charge in [0.25, 0.3) is 0 Å². The largest absolute Gasteiger partial charge is 0.325 e. The van der Waals surface area contributed by atoms with Crippen LogP contribution in [0.5, 0.6) is 0 Å². The van der Waals surface area contributed by atoms with E-state index in [4.69, 9.17) is 5.73 Å². The molecular formula is C15H18N2. The van der Waals surface area contributed by atoms with Gasteiger partial charge >= 0.3 is 0 Å². The van der Waals surface area contributed by atoms with E-state index in [1.165, 1.54) is 16.3 Å². The zero-order valence-electron chi connectivity index (χ0n) is 10.1. The minimum atomic E-state index is 0.368. The van der Waals surface area contributed by atoms with Crippen LogP contribution >= 0.6 is 0 Å². The Labute approximate surface area is 102 Å². The summed E-state index contributed by atoms with van der Waals surface area (Å²) in [6.07, 6.45) is 0. The summed E-state index contributed by atoms with van der Waals surface area (Å²) < 4.78 is 0. The van der Waals surface area contributed by atoms with Gasteiger partial charge in [-0.25, -0.2) is 0 Å². The summed E-state index contributed by atoms with van der Waals surface area (Å²) in [7, 11) is 0. The van der Waals surface area contributed by atoms with Crippen LogP contribution in [0, 0.1) is 0 Å². The SMILES string of the molecule is CC(c1cccc2ccccc12)N1CC(N)C1. The maximum Gasteiger partial charge on any atom is 0.0327 e. The molecule has 1 aliphatic rings. The molecule has 0 aromatic heterocycles. The number of hydrogen-bond donors (Lipinski definition) is 1. The highest BCUT2D eigenvalue weighted by Gasteiger charge is 2.28. The van der Waals surface area contributed by atoms with Crippen LogP contribution in [0.2, 0.25) is 0 Å². The molecule has 0 bridgehead atoms. The summed E-state index contributed by atoms with van der Waals surface area (Å²) in [6.45, 7) is 4.31. The Kier molecular flexibility index (Phi) is 2.61. The number of nitrogens with two attached hydrogens (primary N) is 1. The minimum absolute atomic E-state index is 0.368. The zero-order valence-corrected chi connectivity index (χ0v) is 10.1. The van der Waals surface area contributed by atoms with Crippen molar-refractivity contribution in [2.45, 2.75) is 19.0 Å². The van der Waals surface area contributed by atoms with Crippen molar-refractivity contribution >= 4 is 10.8 Å². The molecule has 1 fully saturated rings. The van der Waals surface area contributed by atoms with Crippen LogP contribution < -0.4 is 5.73 Å². The first-order chi connectivity index (χ1) is 8.25. The van der Waals surface area contributed by atoms with E-state index in [9.17, 15) is 0 Å². The fraction of sp³-hybridized carbons (Fsp3) is 0.333. The molecule has 1 atom stereocenters. The van der Waals surface area contributed by atoms with Gasteiger partial charge in [0.15, 0.2) is 0 Å². The first-order valence-corrected chi connectivity index (χ1v) is 6.23. The van der Waals surface area contributed by atoms with E-state index in [1.807, 2.05) is 0 Å². The highest BCUT2D eigenvalue weighted by Crippen LogP contribution is 2.30. The molecule has 0 spiro atoms. The van der Waals surface area contributed by atoms with Gasteiger partial charge in [0.1, 0.15) is 0 Å². The van der Waals surface area contributed by atoms with E-state index < -0.39 is 0 Å². The van der Waals surface area contributed by atoms with Gasteiger partial charge in [0.2, 0.25) is 0 Å². The second kappa shape index (κ2) is 4.13. The minimum Gasteiger partial charge on any atom is -0.325 e. The normalized spacial score (nSPS) is 19.2. The van der Waals surface area contributed by atoms with Crippen molar-refractivity contribution in [2.24, 2.45) is 5.73 Å². The average Bonchev–Trinajstić information content (AvgIpc) is 2.33. The van der Waals surface area contributed by atoms with Crippen LogP contribution in [0.15, 0.2) is 42.5 Å². The lowest BCUT2D eigenvalue weighted by Gasteiger charge is -2.41. The first kappa shape index (κ1) is 10.8. The van der Waals surface area contributed by atoms with Crippen molar-refractivity contribution in [3.05, 3.63) is 48.0 Å². The van der Waals surface area contributed by atoms with Gasteiger partial charge in [-0.15, -0.1) is 0 Å². The fourth-order valence-corrected chi connectivity index (χ4v) is 2.68. The number of rotatable bonds is 2. The van der Waals surface area contributed by atoms with Crippen molar-refractivity contribution in [1.82, 2.24) is 4.90 Å². The predicted octanol–water partition coefficient (Wildman–Crippen LogP) is 2.54. The molecule has 2 aromatic carbocycles. The second-order valence-electron chi connectivity index (χ2n) is 4.96. The van der Waals surface area contributed by atoms with Crippen LogP contribution in [0.4, 0.5) is 0 Å². The molecule has 2 heteroatoms. The summed E-state index contributed by atoms with van der Waals surface area (Å²) in [5, 5.41) is 2.68. The Balaban J connectivity index is 1.99. The number of nitrogens with zero attached hydrogens (tertiary/aromatic N) is 1. The van der Waals surface area contributed by atoms with Gasteiger partial charge in [-0.2, -0.15) is 0 Å². The molecule has 3 rings (SSSR count). The Bertz CT molecular complexity index is 524. The lowest BCUT2D eigenvalue weighted by Crippen LogP contribution is -2.56. The van der Waals surface area contributed by atoms with Crippen LogP contribution in [0.3, 0.4) is 0 Å². The van der Waals surface area contributed by atoms with Crippen molar-refractivity contribution in [1.29, 1.82) is 0 Å². The quantitative estimate of drug-likeness (QED) is 0.852. The standard InChI is InChI=1S/C15H18N2/c1-11(17-9-13(16)10-17)14-8-4-6-12-5-2-3-7-15(12)14/h2-8,11,13H,9-10,16H2,1H3. The molecule has 1 aliphatic heterocycles. The van der Waals surface area contributed by atoms with E-state index in [0.29, 0.717) is 12.1 Å². The Morgan fingerprint density at radius 1 is 1.12 bits per heavy atom. The van der Waals surface area contributed by atoms with Crippen molar-refractivity contribution in [3.8, 4) is 0 Å². The van der Waals surface area contributed by atoms with Crippen molar-refractivity contribution in [2.75, 3.05) is 13.1 Å². The number of hydrogen-bond acceptors (Lipinski definition) is 2. The summed E-state index contributed by atoms with van der Waals surface area (Å²) in [6, 6.07) is 16.0. The number of likely N-dealkylation sites (tertiary alicyclic amines) is 1. The molecule has 0 radical (unpaired) electrons. The van der Waals surface area contributed by atoms with E-state index in [1.54, 1.807) is 0 Å². The molecule has 2 N–H and O–H groups in total. The van der Waals surface area contributed by atoms with E-state index in [0.717, 1.165) is 13.1 Å². The molecule has 2 nitrogen and oxygen atoms in total. The Hall–Kier alpha value is -1.38. The topological polar surface area (TPSA) is 29.3 Å². The van der Waals surface area contributed by atoms with Gasteiger partial charge in [-0.3, -0.25) is 4.90 Å². The number of benzene rings is 2. The van der Waals surface area contributed by atoms with Crippen LogP contribution in [-0.4, -0.2) is 24.0 Å². The predicted molar refractivity (Wildman–Crippen MR) is 71.9 cm³/mol. The average molecular weight is 226 g/mol. The molecule has 17 heavy (non-hydrogen) atoms. The maximum absolute atomic E-state index is 5.86. The molecular weight excluding hydrogens is 208 g/mol. The second-order valence-corrected chi connectivity index (χ2v) is 4.96. The van der Waals surface area contributed by atoms with Crippen LogP contribution in [-0.2, 0) is 0 Å². The third kappa shape index (κ3) is 1.84. The van der Waals surface area contributed by atoms with E-state index in [2.05, 4.69) is 54.3 Å². The van der Waals surface area contributed by atoms with E-state index >= 15 is 0 Å². The van der Waals surface area contributed by atoms with E-state index in [-0.39, 0.29) is 0 Å². The molecule has 88 valence electrons. The molecule has 0 amide bonds. The van der Waals surface area contributed by atoms with Gasteiger partial charge < -0.3 is 5.73 Å². The number of fused-ring (bicyclic) bond motifs is 1. The molecule has 1 heterocycles. The monoisotopic (exact) mass is 226 g/mol. The Morgan fingerprint density at radius 3 is 2.59 bits per heavy atom. The van der Waals surface area contributed by atoms with Crippen molar-refractivity contribution in [3.63, 3.8) is 0 Å². The van der Waals surface area contributed by atoms with Crippen molar-refractivity contribution < 1.29 is 0 Å². The summed E-state index contributed by atoms with van der Waals surface area (Å²) in [4.78, 5) is 2.44. The van der Waals surface area contributed by atoms with Gasteiger partial charge in [0, 0.05) is 25.2 Å². The molecule has 1 unspecified atom stereocenters. The smallest absolute Gasteiger partial charge is 0.0327 e. The van der Waals surface area contributed by atoms with Crippen LogP contribution in [0.1, 0.15) is 18.5 Å². The lowest BCUT2D eigenvalue weighted by atomic mass is 9.96.